The number of nitrogens with two attached hydrogens (primary N) is 1. The fraction of sp³-hybridized carbons (Fsp3) is 0.692. The molecule has 5 nitrogen and oxygen atoms in total. The molecule has 106 valence electrons. The Morgan fingerprint density at radius 3 is 2.63 bits per heavy atom. The predicted molar refractivity (Wildman–Crippen MR) is 78.1 cm³/mol. The van der Waals surface area contributed by atoms with Crippen molar-refractivity contribution < 1.29 is 4.79 Å². The Balaban J connectivity index is 2.08. The van der Waals surface area contributed by atoms with Crippen LogP contribution in [0.15, 0.2) is 4.47 Å². The van der Waals surface area contributed by atoms with Crippen LogP contribution in [0.2, 0.25) is 0 Å². The van der Waals surface area contributed by atoms with Gasteiger partial charge in [-0.15, -0.1) is 0 Å². The van der Waals surface area contributed by atoms with E-state index in [1.807, 2.05) is 4.90 Å². The summed E-state index contributed by atoms with van der Waals surface area (Å²) >= 11 is 3.48. The molecule has 6 heteroatoms. The van der Waals surface area contributed by atoms with Gasteiger partial charge in [0.2, 0.25) is 0 Å². The summed E-state index contributed by atoms with van der Waals surface area (Å²) in [5.41, 5.74) is 7.14. The smallest absolute Gasteiger partial charge is 0.275 e. The number of likely N-dealkylation sites (tertiary alicyclic amines) is 1. The average molecular weight is 329 g/mol. The van der Waals surface area contributed by atoms with Crippen LogP contribution in [-0.2, 0) is 0 Å². The quantitative estimate of drug-likeness (QED) is 0.892. The highest BCUT2D eigenvalue weighted by atomic mass is 79.9. The molecule has 3 N–H and O–H groups in total. The summed E-state index contributed by atoms with van der Waals surface area (Å²) in [7, 11) is 0. The average Bonchev–Trinajstić information content (AvgIpc) is 2.80. The number of piperidine rings is 1. The van der Waals surface area contributed by atoms with Crippen molar-refractivity contribution in [1.82, 2.24) is 15.1 Å². The number of nitrogens with one attached hydrogen (secondary N) is 1. The van der Waals surface area contributed by atoms with E-state index in [1.54, 1.807) is 0 Å². The molecule has 1 fully saturated rings. The van der Waals surface area contributed by atoms with Gasteiger partial charge >= 0.3 is 0 Å². The number of aromatic amines is 1. The normalized spacial score (nSPS) is 17.2. The first-order valence-electron chi connectivity index (χ1n) is 6.77. The Bertz CT molecular complexity index is 449. The summed E-state index contributed by atoms with van der Waals surface area (Å²) in [5.74, 6) is 0.870. The maximum atomic E-state index is 12.4. The molecule has 1 aliphatic heterocycles. The maximum Gasteiger partial charge on any atom is 0.275 e. The van der Waals surface area contributed by atoms with Gasteiger partial charge in [-0.2, -0.15) is 5.10 Å². The van der Waals surface area contributed by atoms with Crippen molar-refractivity contribution >= 4 is 21.8 Å². The fourth-order valence-electron chi connectivity index (χ4n) is 2.39. The zero-order chi connectivity index (χ0) is 14.0. The van der Waals surface area contributed by atoms with E-state index in [-0.39, 0.29) is 5.91 Å². The van der Waals surface area contributed by atoms with Crippen molar-refractivity contribution in [2.24, 2.45) is 11.7 Å². The van der Waals surface area contributed by atoms with E-state index < -0.39 is 0 Å². The van der Waals surface area contributed by atoms with Gasteiger partial charge in [-0.05, 0) is 47.2 Å². The molecule has 0 bridgehead atoms. The molecule has 2 heterocycles. The molecule has 1 aromatic heterocycles. The first-order chi connectivity index (χ1) is 9.04. The SMILES string of the molecule is CC(C)c1[nH]nc(C(=O)N2CCC(CN)CC2)c1Br. The van der Waals surface area contributed by atoms with Crippen LogP contribution in [-0.4, -0.2) is 40.6 Å². The van der Waals surface area contributed by atoms with Crippen molar-refractivity contribution in [3.8, 4) is 0 Å². The lowest BCUT2D eigenvalue weighted by molar-refractivity contribution is 0.0686. The largest absolute Gasteiger partial charge is 0.337 e. The van der Waals surface area contributed by atoms with Gasteiger partial charge in [0.1, 0.15) is 0 Å². The summed E-state index contributed by atoms with van der Waals surface area (Å²) in [6, 6.07) is 0. The third kappa shape index (κ3) is 3.00. The maximum absolute atomic E-state index is 12.4. The number of carbonyl (C=O) groups excluding carboxylic acids is 1. The number of nitrogens with zero attached hydrogens (tertiary/aromatic N) is 2. The second-order valence-corrected chi connectivity index (χ2v) is 6.22. The Hall–Kier alpha value is -0.880. The second kappa shape index (κ2) is 6.05. The molecule has 19 heavy (non-hydrogen) atoms. The molecule has 0 unspecified atom stereocenters. The van der Waals surface area contributed by atoms with Gasteiger partial charge in [0, 0.05) is 13.1 Å². The molecule has 1 amide bonds. The van der Waals surface area contributed by atoms with E-state index in [1.165, 1.54) is 0 Å². The minimum atomic E-state index is 0.00509. The number of hydrogen-bond acceptors (Lipinski definition) is 3. The van der Waals surface area contributed by atoms with Crippen LogP contribution in [0.1, 0.15) is 48.8 Å². The number of rotatable bonds is 3. The Morgan fingerprint density at radius 1 is 1.53 bits per heavy atom. The molecule has 0 spiro atoms. The molecule has 1 aliphatic rings. The number of carbonyl (C=O) groups is 1. The number of H-pyrrole nitrogens is 1. The van der Waals surface area contributed by atoms with Crippen molar-refractivity contribution in [3.63, 3.8) is 0 Å². The van der Waals surface area contributed by atoms with E-state index in [4.69, 9.17) is 5.73 Å². The van der Waals surface area contributed by atoms with Crippen molar-refractivity contribution in [3.05, 3.63) is 15.9 Å². The molecular weight excluding hydrogens is 308 g/mol. The number of hydrogen-bond donors (Lipinski definition) is 2. The van der Waals surface area contributed by atoms with Crippen LogP contribution in [0, 0.1) is 5.92 Å². The highest BCUT2D eigenvalue weighted by Crippen LogP contribution is 2.27. The lowest BCUT2D eigenvalue weighted by atomic mass is 9.97. The molecule has 0 atom stereocenters. The van der Waals surface area contributed by atoms with Gasteiger partial charge in [0.25, 0.3) is 5.91 Å². The molecule has 0 saturated carbocycles. The molecule has 0 aliphatic carbocycles. The van der Waals surface area contributed by atoms with Crippen LogP contribution < -0.4 is 5.73 Å². The molecule has 0 aromatic carbocycles. The van der Waals surface area contributed by atoms with Crippen LogP contribution >= 0.6 is 15.9 Å². The van der Waals surface area contributed by atoms with Crippen LogP contribution in [0.5, 0.6) is 0 Å². The highest BCUT2D eigenvalue weighted by molar-refractivity contribution is 9.10. The summed E-state index contributed by atoms with van der Waals surface area (Å²) in [6.45, 7) is 6.40. The van der Waals surface area contributed by atoms with E-state index >= 15 is 0 Å². The third-order valence-corrected chi connectivity index (χ3v) is 4.55. The first-order valence-corrected chi connectivity index (χ1v) is 7.57. The van der Waals surface area contributed by atoms with Crippen molar-refractivity contribution in [2.75, 3.05) is 19.6 Å². The number of aromatic nitrogens is 2. The zero-order valence-electron chi connectivity index (χ0n) is 11.4. The first kappa shape index (κ1) is 14.5. The Morgan fingerprint density at radius 2 is 2.16 bits per heavy atom. The molecule has 2 rings (SSSR count). The summed E-state index contributed by atoms with van der Waals surface area (Å²) in [5, 5.41) is 7.11. The topological polar surface area (TPSA) is 75.0 Å². The summed E-state index contributed by atoms with van der Waals surface area (Å²) in [6.07, 6.45) is 1.97. The van der Waals surface area contributed by atoms with Gasteiger partial charge in [-0.3, -0.25) is 9.89 Å². The van der Waals surface area contributed by atoms with Crippen LogP contribution in [0.3, 0.4) is 0 Å². The highest BCUT2D eigenvalue weighted by Gasteiger charge is 2.27. The molecule has 1 aromatic rings. The summed E-state index contributed by atoms with van der Waals surface area (Å²) < 4.78 is 0.799. The van der Waals surface area contributed by atoms with E-state index in [0.29, 0.717) is 24.1 Å². The zero-order valence-corrected chi connectivity index (χ0v) is 13.0. The van der Waals surface area contributed by atoms with Gasteiger partial charge in [0.05, 0.1) is 10.2 Å². The number of amides is 1. The third-order valence-electron chi connectivity index (χ3n) is 3.75. The van der Waals surface area contributed by atoms with E-state index in [0.717, 1.165) is 36.1 Å². The Kier molecular flexibility index (Phi) is 4.62. The second-order valence-electron chi connectivity index (χ2n) is 5.43. The summed E-state index contributed by atoms with van der Waals surface area (Å²) in [4.78, 5) is 14.3. The van der Waals surface area contributed by atoms with Gasteiger partial charge < -0.3 is 10.6 Å². The lowest BCUT2D eigenvalue weighted by Gasteiger charge is -2.30. The number of halogens is 1. The van der Waals surface area contributed by atoms with E-state index in [2.05, 4.69) is 40.0 Å². The monoisotopic (exact) mass is 328 g/mol. The minimum Gasteiger partial charge on any atom is -0.337 e. The van der Waals surface area contributed by atoms with Crippen molar-refractivity contribution in [2.45, 2.75) is 32.6 Å². The molecule has 0 radical (unpaired) electrons. The van der Waals surface area contributed by atoms with Crippen LogP contribution in [0.4, 0.5) is 0 Å². The molecular formula is C13H21BrN4O. The van der Waals surface area contributed by atoms with Crippen molar-refractivity contribution in [1.29, 1.82) is 0 Å². The van der Waals surface area contributed by atoms with Crippen LogP contribution in [0.25, 0.3) is 0 Å². The molecule has 1 saturated heterocycles. The standard InChI is InChI=1S/C13H21BrN4O/c1-8(2)11-10(14)12(17-16-11)13(19)18-5-3-9(7-15)4-6-18/h8-9H,3-7,15H2,1-2H3,(H,16,17). The fourth-order valence-corrected chi connectivity index (χ4v) is 3.19. The van der Waals surface area contributed by atoms with Gasteiger partial charge in [-0.25, -0.2) is 0 Å². The Labute approximate surface area is 122 Å². The predicted octanol–water partition coefficient (Wildman–Crippen LogP) is 2.11. The van der Waals surface area contributed by atoms with E-state index in [9.17, 15) is 4.79 Å². The van der Waals surface area contributed by atoms with Gasteiger partial charge in [0.15, 0.2) is 5.69 Å². The van der Waals surface area contributed by atoms with Gasteiger partial charge in [-0.1, -0.05) is 13.8 Å². The minimum absolute atomic E-state index is 0.00509. The lowest BCUT2D eigenvalue weighted by Crippen LogP contribution is -2.40.